The second-order valence-electron chi connectivity index (χ2n) is 20.7. The van der Waals surface area contributed by atoms with Gasteiger partial charge in [0.15, 0.2) is 0 Å². The highest BCUT2D eigenvalue weighted by atomic mass is 31.2. The molecule has 0 bridgehead atoms. The lowest BCUT2D eigenvalue weighted by Gasteiger charge is -2.29. The second kappa shape index (κ2) is 47.3. The van der Waals surface area contributed by atoms with Crippen molar-refractivity contribution in [2.24, 2.45) is 0 Å². The summed E-state index contributed by atoms with van der Waals surface area (Å²) in [4.78, 5) is 25.4. The molecule has 3 atom stereocenters. The maximum absolute atomic E-state index is 12.9. The summed E-state index contributed by atoms with van der Waals surface area (Å²) in [6.45, 7) is 4.70. The number of carbonyl (C=O) groups is 1. The van der Waals surface area contributed by atoms with E-state index < -0.39 is 20.0 Å². The number of aliphatic hydroxyl groups excluding tert-OH is 1. The van der Waals surface area contributed by atoms with Crippen molar-refractivity contribution in [1.82, 2.24) is 5.32 Å². The standard InChI is InChI=1S/C55H111N2O6P/c1-6-8-10-12-14-16-18-20-22-24-25-26-27-28-29-30-31-33-34-36-38-40-42-44-46-48-54(58)53(52-63-64(60,61)62-51-50-57(3,4)5)56-55(59)49-47-45-43-41-39-37-35-32-23-21-19-17-15-13-11-9-7-2/h46,48,53-54,58H,6-45,47,49-52H2,1-5H3,(H-,56,59,60,61)/b48-46+. The first kappa shape index (κ1) is 63.2. The van der Waals surface area contributed by atoms with Crippen LogP contribution in [-0.4, -0.2) is 68.5 Å². The molecule has 1 amide bonds. The van der Waals surface area contributed by atoms with Crippen LogP contribution in [0.5, 0.6) is 0 Å². The molecule has 0 aliphatic heterocycles. The van der Waals surface area contributed by atoms with Gasteiger partial charge in [-0.3, -0.25) is 9.36 Å². The number of likely N-dealkylation sites (N-methyl/N-ethyl adjacent to an activating group) is 1. The number of nitrogens with one attached hydrogen (secondary N) is 1. The number of phosphoric ester groups is 1. The minimum atomic E-state index is -4.59. The summed E-state index contributed by atoms with van der Waals surface area (Å²) in [5.74, 6) is -0.191. The average molecular weight is 927 g/mol. The number of aliphatic hydroxyl groups is 1. The molecule has 0 aliphatic rings. The largest absolute Gasteiger partial charge is 0.756 e. The minimum Gasteiger partial charge on any atom is -0.756 e. The zero-order valence-corrected chi connectivity index (χ0v) is 44.4. The van der Waals surface area contributed by atoms with Crippen molar-refractivity contribution < 1.29 is 32.9 Å². The minimum absolute atomic E-state index is 0.00261. The number of rotatable bonds is 52. The zero-order valence-electron chi connectivity index (χ0n) is 43.5. The SMILES string of the molecule is CCCCCCCCCCCCCCCCCCCCCCCCC/C=C/C(O)C(COP(=O)([O-])OCC[N+](C)(C)C)NC(=O)CCCCCCCCCCCCCCCCCCC. The van der Waals surface area contributed by atoms with Crippen molar-refractivity contribution in [2.45, 2.75) is 296 Å². The van der Waals surface area contributed by atoms with Crippen molar-refractivity contribution in [2.75, 3.05) is 40.9 Å². The van der Waals surface area contributed by atoms with Crippen molar-refractivity contribution in [3.8, 4) is 0 Å². The predicted octanol–water partition coefficient (Wildman–Crippen LogP) is 16.0. The Morgan fingerprint density at radius 2 is 0.844 bits per heavy atom. The van der Waals surface area contributed by atoms with Crippen LogP contribution in [0.4, 0.5) is 0 Å². The van der Waals surface area contributed by atoms with E-state index in [1.54, 1.807) is 6.08 Å². The number of allylic oxidation sites excluding steroid dienone is 1. The van der Waals surface area contributed by atoms with Gasteiger partial charge in [0.2, 0.25) is 5.91 Å². The monoisotopic (exact) mass is 927 g/mol. The predicted molar refractivity (Wildman–Crippen MR) is 275 cm³/mol. The molecule has 0 aromatic carbocycles. The smallest absolute Gasteiger partial charge is 0.268 e. The Kier molecular flexibility index (Phi) is 46.8. The molecule has 0 aromatic rings. The van der Waals surface area contributed by atoms with E-state index in [2.05, 4.69) is 19.2 Å². The summed E-state index contributed by atoms with van der Waals surface area (Å²) >= 11 is 0. The highest BCUT2D eigenvalue weighted by Crippen LogP contribution is 2.38. The molecule has 8 nitrogen and oxygen atoms in total. The van der Waals surface area contributed by atoms with Crippen LogP contribution < -0.4 is 10.2 Å². The van der Waals surface area contributed by atoms with Crippen molar-refractivity contribution in [1.29, 1.82) is 0 Å². The van der Waals surface area contributed by atoms with Gasteiger partial charge in [0.1, 0.15) is 13.2 Å². The molecule has 2 N–H and O–H groups in total. The average Bonchev–Trinajstić information content (AvgIpc) is 3.25. The molecule has 0 spiro atoms. The maximum Gasteiger partial charge on any atom is 0.268 e. The van der Waals surface area contributed by atoms with Crippen LogP contribution in [0.25, 0.3) is 0 Å². The fourth-order valence-corrected chi connectivity index (χ4v) is 9.29. The first-order chi connectivity index (χ1) is 31.0. The van der Waals surface area contributed by atoms with Crippen LogP contribution in [0.3, 0.4) is 0 Å². The lowest BCUT2D eigenvalue weighted by Crippen LogP contribution is -2.45. The number of unbranched alkanes of at least 4 members (excludes halogenated alkanes) is 39. The van der Waals surface area contributed by atoms with Gasteiger partial charge in [-0.15, -0.1) is 0 Å². The van der Waals surface area contributed by atoms with Crippen LogP contribution >= 0.6 is 7.82 Å². The Labute approximate surface area is 399 Å². The molecule has 0 heterocycles. The lowest BCUT2D eigenvalue weighted by molar-refractivity contribution is -0.870. The summed E-state index contributed by atoms with van der Waals surface area (Å²) in [5.41, 5.74) is 0. The summed E-state index contributed by atoms with van der Waals surface area (Å²) in [6.07, 6.45) is 57.1. The molecule has 64 heavy (non-hydrogen) atoms. The summed E-state index contributed by atoms with van der Waals surface area (Å²) in [7, 11) is 1.28. The van der Waals surface area contributed by atoms with Crippen molar-refractivity contribution in [3.63, 3.8) is 0 Å². The Morgan fingerprint density at radius 3 is 1.17 bits per heavy atom. The molecule has 0 aliphatic carbocycles. The molecule has 0 radical (unpaired) electrons. The van der Waals surface area contributed by atoms with Crippen molar-refractivity contribution >= 4 is 13.7 Å². The summed E-state index contributed by atoms with van der Waals surface area (Å²) < 4.78 is 23.3. The third-order valence-electron chi connectivity index (χ3n) is 13.0. The Morgan fingerprint density at radius 1 is 0.531 bits per heavy atom. The van der Waals surface area contributed by atoms with Gasteiger partial charge in [0.25, 0.3) is 7.82 Å². The Balaban J connectivity index is 4.19. The van der Waals surface area contributed by atoms with Crippen LogP contribution in [-0.2, 0) is 18.4 Å². The number of amides is 1. The van der Waals surface area contributed by atoms with Gasteiger partial charge >= 0.3 is 0 Å². The first-order valence-corrected chi connectivity index (χ1v) is 29.5. The van der Waals surface area contributed by atoms with Crippen LogP contribution in [0.15, 0.2) is 12.2 Å². The zero-order chi connectivity index (χ0) is 47.1. The van der Waals surface area contributed by atoms with Gasteiger partial charge < -0.3 is 28.8 Å². The number of hydrogen-bond donors (Lipinski definition) is 2. The Bertz CT molecular complexity index is 1050. The Hall–Kier alpha value is -0.760. The summed E-state index contributed by atoms with van der Waals surface area (Å²) in [6, 6.07) is -0.881. The van der Waals surface area contributed by atoms with E-state index in [-0.39, 0.29) is 19.1 Å². The number of carbonyl (C=O) groups excluding carboxylic acids is 1. The van der Waals surface area contributed by atoms with E-state index in [1.165, 1.54) is 225 Å². The fraction of sp³-hybridized carbons (Fsp3) is 0.945. The molecule has 0 rings (SSSR count). The van der Waals surface area contributed by atoms with E-state index in [1.807, 2.05) is 27.2 Å². The molecule has 9 heteroatoms. The topological polar surface area (TPSA) is 108 Å². The number of quaternary nitrogens is 1. The lowest BCUT2D eigenvalue weighted by atomic mass is 10.0. The molecule has 0 fully saturated rings. The number of nitrogens with zero attached hydrogens (tertiary/aromatic N) is 1. The van der Waals surface area contributed by atoms with E-state index in [4.69, 9.17) is 9.05 Å². The number of hydrogen-bond acceptors (Lipinski definition) is 6. The van der Waals surface area contributed by atoms with E-state index >= 15 is 0 Å². The summed E-state index contributed by atoms with van der Waals surface area (Å²) in [5, 5.41) is 13.9. The van der Waals surface area contributed by atoms with Crippen LogP contribution in [0, 0.1) is 0 Å². The maximum atomic E-state index is 12.9. The molecule has 0 aromatic heterocycles. The molecule has 0 saturated heterocycles. The van der Waals surface area contributed by atoms with Gasteiger partial charge in [0, 0.05) is 6.42 Å². The molecule has 382 valence electrons. The van der Waals surface area contributed by atoms with Crippen molar-refractivity contribution in [3.05, 3.63) is 12.2 Å². The van der Waals surface area contributed by atoms with Gasteiger partial charge in [-0.2, -0.15) is 0 Å². The van der Waals surface area contributed by atoms with E-state index in [9.17, 15) is 19.4 Å². The van der Waals surface area contributed by atoms with Gasteiger partial charge in [-0.05, 0) is 19.3 Å². The molecule has 0 saturated carbocycles. The molecular formula is C55H111N2O6P. The van der Waals surface area contributed by atoms with E-state index in [0.29, 0.717) is 17.4 Å². The fourth-order valence-electron chi connectivity index (χ4n) is 8.57. The highest BCUT2D eigenvalue weighted by molar-refractivity contribution is 7.45. The molecular weight excluding hydrogens is 816 g/mol. The van der Waals surface area contributed by atoms with Crippen LogP contribution in [0.1, 0.15) is 284 Å². The van der Waals surface area contributed by atoms with Gasteiger partial charge in [0.05, 0.1) is 39.9 Å². The third-order valence-corrected chi connectivity index (χ3v) is 14.0. The first-order valence-electron chi connectivity index (χ1n) is 28.1. The number of phosphoric acid groups is 1. The van der Waals surface area contributed by atoms with Gasteiger partial charge in [-0.25, -0.2) is 0 Å². The normalized spacial score (nSPS) is 14.0. The molecule has 3 unspecified atom stereocenters. The second-order valence-corrected chi connectivity index (χ2v) is 22.1. The van der Waals surface area contributed by atoms with Crippen LogP contribution in [0.2, 0.25) is 0 Å². The van der Waals surface area contributed by atoms with Gasteiger partial charge in [-0.1, -0.05) is 270 Å². The van der Waals surface area contributed by atoms with E-state index in [0.717, 1.165) is 38.5 Å². The third kappa shape index (κ3) is 49.2. The quantitative estimate of drug-likeness (QED) is 0.0272. The highest BCUT2D eigenvalue weighted by Gasteiger charge is 2.23.